The molecule has 0 aliphatic carbocycles. The van der Waals surface area contributed by atoms with Crippen LogP contribution in [0.5, 0.6) is 5.75 Å². The van der Waals surface area contributed by atoms with E-state index in [9.17, 15) is 4.79 Å². The van der Waals surface area contributed by atoms with Crippen LogP contribution >= 0.6 is 11.6 Å². The normalized spacial score (nSPS) is 13.3. The molecule has 1 aliphatic rings. The Morgan fingerprint density at radius 1 is 1.03 bits per heavy atom. The Labute approximate surface area is 187 Å². The van der Waals surface area contributed by atoms with Crippen molar-refractivity contribution in [3.63, 3.8) is 0 Å². The quantitative estimate of drug-likeness (QED) is 0.586. The molecule has 1 aliphatic heterocycles. The molecule has 7 heteroatoms. The Bertz CT molecular complexity index is 1040. The zero-order chi connectivity index (χ0) is 21.8. The Balaban J connectivity index is 1.33. The van der Waals surface area contributed by atoms with Crippen molar-refractivity contribution in [1.82, 2.24) is 10.2 Å². The first-order valence-corrected chi connectivity index (χ1v) is 10.8. The second-order valence-electron chi connectivity index (χ2n) is 7.76. The topological polar surface area (TPSA) is 67.3 Å². The van der Waals surface area contributed by atoms with Gasteiger partial charge in [0.05, 0.1) is 5.69 Å². The number of hydrogen-bond donors (Lipinski definition) is 1. The number of nitrogens with one attached hydrogen (secondary N) is 1. The molecule has 1 amide bonds. The molecule has 3 aromatic rings. The van der Waals surface area contributed by atoms with Gasteiger partial charge in [0, 0.05) is 29.4 Å². The van der Waals surface area contributed by atoms with E-state index in [1.807, 2.05) is 62.4 Å². The summed E-state index contributed by atoms with van der Waals surface area (Å²) in [6, 6.07) is 15.2. The highest BCUT2D eigenvalue weighted by molar-refractivity contribution is 6.32. The number of aryl methyl sites for hydroxylation is 2. The van der Waals surface area contributed by atoms with Crippen molar-refractivity contribution in [2.24, 2.45) is 0 Å². The number of ether oxygens (including phenoxy) is 1. The number of rotatable bonds is 6. The van der Waals surface area contributed by atoms with Crippen molar-refractivity contribution in [1.29, 1.82) is 0 Å². The van der Waals surface area contributed by atoms with Crippen molar-refractivity contribution in [3.05, 3.63) is 64.7 Å². The fraction of sp³-hybridized carbons (Fsp3) is 0.292. The first kappa shape index (κ1) is 21.1. The lowest BCUT2D eigenvalue weighted by Crippen LogP contribution is -2.20. The number of amides is 1. The van der Waals surface area contributed by atoms with Gasteiger partial charge in [0.15, 0.2) is 12.4 Å². The van der Waals surface area contributed by atoms with E-state index in [2.05, 4.69) is 20.4 Å². The SMILES string of the molecule is Cc1cc(OCC(=O)Nc2ccc(-c3ccc(N4CCCC4)nn3)cc2)cc(C)c1Cl. The minimum atomic E-state index is -0.229. The van der Waals surface area contributed by atoms with Gasteiger partial charge in [-0.1, -0.05) is 23.7 Å². The predicted octanol–water partition coefficient (Wildman–Crippen LogP) is 5.03. The van der Waals surface area contributed by atoms with Gasteiger partial charge in [-0.15, -0.1) is 10.2 Å². The summed E-state index contributed by atoms with van der Waals surface area (Å²) in [4.78, 5) is 14.5. The largest absolute Gasteiger partial charge is 0.484 e. The van der Waals surface area contributed by atoms with E-state index in [4.69, 9.17) is 16.3 Å². The van der Waals surface area contributed by atoms with Crippen LogP contribution in [0, 0.1) is 13.8 Å². The van der Waals surface area contributed by atoms with Gasteiger partial charge in [0.25, 0.3) is 5.91 Å². The molecule has 160 valence electrons. The number of nitrogens with zero attached hydrogens (tertiary/aromatic N) is 3. The van der Waals surface area contributed by atoms with E-state index >= 15 is 0 Å². The molecule has 2 heterocycles. The number of carbonyl (C=O) groups is 1. The average Bonchev–Trinajstić information content (AvgIpc) is 3.32. The number of aromatic nitrogens is 2. The van der Waals surface area contributed by atoms with E-state index in [1.54, 1.807) is 0 Å². The molecule has 1 N–H and O–H groups in total. The third-order valence-electron chi connectivity index (χ3n) is 5.32. The van der Waals surface area contributed by atoms with Crippen LogP contribution in [0.15, 0.2) is 48.5 Å². The molecule has 0 atom stereocenters. The van der Waals surface area contributed by atoms with Gasteiger partial charge in [0.1, 0.15) is 5.75 Å². The molecule has 1 aromatic heterocycles. The van der Waals surface area contributed by atoms with Gasteiger partial charge in [0.2, 0.25) is 0 Å². The fourth-order valence-electron chi connectivity index (χ4n) is 3.65. The standard InChI is InChI=1S/C24H25ClN4O2/c1-16-13-20(14-17(2)24(16)25)31-15-23(30)26-19-7-5-18(6-8-19)21-9-10-22(28-27-21)29-11-3-4-12-29/h5-10,13-14H,3-4,11-12,15H2,1-2H3,(H,26,30). The zero-order valence-corrected chi connectivity index (χ0v) is 18.4. The van der Waals surface area contributed by atoms with Crippen LogP contribution in [0.2, 0.25) is 5.02 Å². The summed E-state index contributed by atoms with van der Waals surface area (Å²) in [5.74, 6) is 1.32. The summed E-state index contributed by atoms with van der Waals surface area (Å²) in [6.07, 6.45) is 2.42. The van der Waals surface area contributed by atoms with Crippen LogP contribution in [0.4, 0.5) is 11.5 Å². The minimum absolute atomic E-state index is 0.0777. The maximum atomic E-state index is 12.3. The highest BCUT2D eigenvalue weighted by Gasteiger charge is 2.14. The summed E-state index contributed by atoms with van der Waals surface area (Å²) in [5, 5.41) is 12.3. The zero-order valence-electron chi connectivity index (χ0n) is 17.7. The Hall–Kier alpha value is -3.12. The Kier molecular flexibility index (Phi) is 6.37. The predicted molar refractivity (Wildman–Crippen MR) is 124 cm³/mol. The van der Waals surface area contributed by atoms with Crippen LogP contribution in [-0.4, -0.2) is 35.8 Å². The highest BCUT2D eigenvalue weighted by Crippen LogP contribution is 2.26. The lowest BCUT2D eigenvalue weighted by atomic mass is 10.1. The summed E-state index contributed by atoms with van der Waals surface area (Å²) in [7, 11) is 0. The maximum absolute atomic E-state index is 12.3. The van der Waals surface area contributed by atoms with Crippen molar-refractivity contribution < 1.29 is 9.53 Å². The van der Waals surface area contributed by atoms with E-state index in [0.717, 1.165) is 41.3 Å². The molecular formula is C24H25ClN4O2. The fourth-order valence-corrected chi connectivity index (χ4v) is 3.76. The number of halogens is 1. The van der Waals surface area contributed by atoms with Crippen molar-refractivity contribution in [2.45, 2.75) is 26.7 Å². The number of hydrogen-bond acceptors (Lipinski definition) is 5. The first-order chi connectivity index (χ1) is 15.0. The summed E-state index contributed by atoms with van der Waals surface area (Å²) >= 11 is 6.17. The molecule has 0 radical (unpaired) electrons. The number of benzene rings is 2. The summed E-state index contributed by atoms with van der Waals surface area (Å²) < 4.78 is 5.61. The third kappa shape index (κ3) is 5.14. The lowest BCUT2D eigenvalue weighted by Gasteiger charge is -2.15. The molecule has 0 bridgehead atoms. The number of anilines is 2. The summed E-state index contributed by atoms with van der Waals surface area (Å²) in [5.41, 5.74) is 4.29. The minimum Gasteiger partial charge on any atom is -0.484 e. The van der Waals surface area contributed by atoms with Crippen molar-refractivity contribution in [3.8, 4) is 17.0 Å². The van der Waals surface area contributed by atoms with Gasteiger partial charge < -0.3 is 15.0 Å². The molecule has 0 spiro atoms. The van der Waals surface area contributed by atoms with E-state index in [0.29, 0.717) is 16.5 Å². The van der Waals surface area contributed by atoms with Crippen LogP contribution in [0.25, 0.3) is 11.3 Å². The van der Waals surface area contributed by atoms with Gasteiger partial charge in [-0.3, -0.25) is 4.79 Å². The molecule has 1 saturated heterocycles. The van der Waals surface area contributed by atoms with Crippen LogP contribution in [0.3, 0.4) is 0 Å². The number of carbonyl (C=O) groups excluding carboxylic acids is 1. The van der Waals surface area contributed by atoms with Crippen LogP contribution in [0.1, 0.15) is 24.0 Å². The van der Waals surface area contributed by atoms with Gasteiger partial charge in [-0.2, -0.15) is 0 Å². The van der Waals surface area contributed by atoms with Crippen LogP contribution < -0.4 is 15.0 Å². The smallest absolute Gasteiger partial charge is 0.262 e. The third-order valence-corrected chi connectivity index (χ3v) is 5.92. The van der Waals surface area contributed by atoms with Gasteiger partial charge >= 0.3 is 0 Å². The second-order valence-corrected chi connectivity index (χ2v) is 8.13. The van der Waals surface area contributed by atoms with Crippen molar-refractivity contribution in [2.75, 3.05) is 29.9 Å². The molecule has 0 saturated carbocycles. The van der Waals surface area contributed by atoms with Crippen LogP contribution in [-0.2, 0) is 4.79 Å². The average molecular weight is 437 g/mol. The van der Waals surface area contributed by atoms with E-state index in [-0.39, 0.29) is 12.5 Å². The molecular weight excluding hydrogens is 412 g/mol. The van der Waals surface area contributed by atoms with Gasteiger partial charge in [-0.05, 0) is 74.2 Å². The van der Waals surface area contributed by atoms with Gasteiger partial charge in [-0.25, -0.2) is 0 Å². The van der Waals surface area contributed by atoms with E-state index in [1.165, 1.54) is 12.8 Å². The Morgan fingerprint density at radius 3 is 2.32 bits per heavy atom. The summed E-state index contributed by atoms with van der Waals surface area (Å²) in [6.45, 7) is 5.83. The second kappa shape index (κ2) is 9.35. The molecule has 0 unspecified atom stereocenters. The molecule has 6 nitrogen and oxygen atoms in total. The molecule has 1 fully saturated rings. The molecule has 31 heavy (non-hydrogen) atoms. The highest BCUT2D eigenvalue weighted by atomic mass is 35.5. The monoisotopic (exact) mass is 436 g/mol. The Morgan fingerprint density at radius 2 is 1.71 bits per heavy atom. The lowest BCUT2D eigenvalue weighted by molar-refractivity contribution is -0.118. The van der Waals surface area contributed by atoms with Crippen molar-refractivity contribution >= 4 is 29.0 Å². The first-order valence-electron chi connectivity index (χ1n) is 10.4. The van der Waals surface area contributed by atoms with E-state index < -0.39 is 0 Å². The molecule has 4 rings (SSSR count). The maximum Gasteiger partial charge on any atom is 0.262 e. The molecule has 2 aromatic carbocycles.